The molecule has 0 rings (SSSR count). The van der Waals surface area contributed by atoms with Gasteiger partial charge in [0.1, 0.15) is 6.54 Å². The summed E-state index contributed by atoms with van der Waals surface area (Å²) in [6.45, 7) is 4.27. The van der Waals surface area contributed by atoms with Crippen LogP contribution in [0.25, 0.3) is 0 Å². The average Bonchev–Trinajstić information content (AvgIpc) is 2.59. The average molecular weight is 415 g/mol. The van der Waals surface area contributed by atoms with Gasteiger partial charge in [-0.05, 0) is 12.8 Å². The molecule has 29 heavy (non-hydrogen) atoms. The number of carbonyl (C=O) groups excluding carboxylic acids is 1. The van der Waals surface area contributed by atoms with Gasteiger partial charge in [0.25, 0.3) is 0 Å². The van der Waals surface area contributed by atoms with Crippen LogP contribution in [0.5, 0.6) is 0 Å². The first-order valence-corrected chi connectivity index (χ1v) is 12.0. The Kier molecular flexibility index (Phi) is 17.1. The molecule has 0 spiro atoms. The number of carboxylic acids is 1. The van der Waals surface area contributed by atoms with Gasteiger partial charge in [0.05, 0.1) is 14.1 Å². The number of rotatable bonds is 20. The molecule has 0 saturated carbocycles. The molecule has 0 heterocycles. The van der Waals surface area contributed by atoms with Gasteiger partial charge in [0, 0.05) is 6.92 Å². The van der Waals surface area contributed by atoms with Crippen LogP contribution in [-0.4, -0.2) is 54.8 Å². The Morgan fingerprint density at radius 2 is 1.21 bits per heavy atom. The van der Waals surface area contributed by atoms with Crippen molar-refractivity contribution in [2.45, 2.75) is 116 Å². The first-order valence-electron chi connectivity index (χ1n) is 12.0. The summed E-state index contributed by atoms with van der Waals surface area (Å²) in [4.78, 5) is 22.4. The van der Waals surface area contributed by atoms with Crippen LogP contribution in [0.15, 0.2) is 0 Å². The number of carboxylic acid groups (broad SMARTS) is 1. The molecule has 0 aromatic carbocycles. The van der Waals surface area contributed by atoms with Crippen LogP contribution in [0.1, 0.15) is 110 Å². The first-order chi connectivity index (χ1) is 13.8. The van der Waals surface area contributed by atoms with Gasteiger partial charge < -0.3 is 14.3 Å². The zero-order chi connectivity index (χ0) is 22.0. The molecule has 0 aliphatic rings. The molecule has 5 nitrogen and oxygen atoms in total. The third-order valence-corrected chi connectivity index (χ3v) is 5.47. The zero-order valence-corrected chi connectivity index (χ0v) is 19.7. The van der Waals surface area contributed by atoms with Gasteiger partial charge in [-0.1, -0.05) is 90.4 Å². The molecule has 0 amide bonds. The second-order valence-electron chi connectivity index (χ2n) is 9.29. The van der Waals surface area contributed by atoms with Crippen molar-refractivity contribution in [3.05, 3.63) is 0 Å². The van der Waals surface area contributed by atoms with Gasteiger partial charge in [-0.3, -0.25) is 4.79 Å². The number of aliphatic carboxylic acids is 1. The summed E-state index contributed by atoms with van der Waals surface area (Å²) in [6, 6.07) is 0. The van der Waals surface area contributed by atoms with Gasteiger partial charge in [-0.2, -0.15) is 0 Å². The Morgan fingerprint density at radius 1 is 0.793 bits per heavy atom. The summed E-state index contributed by atoms with van der Waals surface area (Å²) in [5, 5.41) is 9.03. The molecule has 0 aliphatic heterocycles. The van der Waals surface area contributed by atoms with Crippen LogP contribution < -0.4 is 0 Å². The lowest BCUT2D eigenvalue weighted by Crippen LogP contribution is -2.49. The van der Waals surface area contributed by atoms with Crippen LogP contribution in [0.2, 0.25) is 0 Å². The highest BCUT2D eigenvalue weighted by atomic mass is 16.5. The van der Waals surface area contributed by atoms with E-state index in [9.17, 15) is 9.59 Å². The van der Waals surface area contributed by atoms with Crippen LogP contribution >= 0.6 is 0 Å². The topological polar surface area (TPSA) is 63.6 Å². The maximum absolute atomic E-state index is 11.4. The SMILES string of the molecule is CCCCCCCCCCCCCCCCC(C[N+](C)(C)CC(=O)O)OC(C)=O. The monoisotopic (exact) mass is 414 g/mol. The van der Waals surface area contributed by atoms with Gasteiger partial charge in [-0.15, -0.1) is 0 Å². The predicted molar refractivity (Wildman–Crippen MR) is 120 cm³/mol. The number of carbonyl (C=O) groups is 2. The summed E-state index contributed by atoms with van der Waals surface area (Å²) >= 11 is 0. The van der Waals surface area contributed by atoms with Crippen LogP contribution in [0.3, 0.4) is 0 Å². The van der Waals surface area contributed by atoms with E-state index in [-0.39, 0.29) is 18.6 Å². The van der Waals surface area contributed by atoms with Crippen molar-refractivity contribution >= 4 is 11.9 Å². The molecule has 0 bridgehead atoms. The fourth-order valence-corrected chi connectivity index (χ4v) is 3.97. The highest BCUT2D eigenvalue weighted by Gasteiger charge is 2.26. The lowest BCUT2D eigenvalue weighted by Gasteiger charge is -2.31. The fraction of sp³-hybridized carbons (Fsp3) is 0.917. The number of ether oxygens (including phenoxy) is 1. The van der Waals surface area contributed by atoms with Crippen molar-refractivity contribution in [2.75, 3.05) is 27.2 Å². The van der Waals surface area contributed by atoms with Crippen molar-refractivity contribution in [3.8, 4) is 0 Å². The van der Waals surface area contributed by atoms with E-state index in [1.165, 1.54) is 84.0 Å². The molecule has 1 atom stereocenters. The molecular formula is C24H48NO4+. The summed E-state index contributed by atoms with van der Waals surface area (Å²) in [7, 11) is 3.74. The van der Waals surface area contributed by atoms with Crippen molar-refractivity contribution in [2.24, 2.45) is 0 Å². The molecule has 1 unspecified atom stereocenters. The van der Waals surface area contributed by atoms with Crippen molar-refractivity contribution < 1.29 is 23.9 Å². The van der Waals surface area contributed by atoms with E-state index in [1.54, 1.807) is 0 Å². The number of hydrogen-bond donors (Lipinski definition) is 1. The van der Waals surface area contributed by atoms with E-state index in [2.05, 4.69) is 6.92 Å². The number of quaternary nitrogens is 1. The van der Waals surface area contributed by atoms with E-state index in [0.29, 0.717) is 11.0 Å². The molecule has 0 aromatic rings. The Bertz CT molecular complexity index is 423. The molecule has 0 fully saturated rings. The van der Waals surface area contributed by atoms with Crippen molar-refractivity contribution in [1.29, 1.82) is 0 Å². The Morgan fingerprint density at radius 3 is 1.59 bits per heavy atom. The molecule has 1 N–H and O–H groups in total. The standard InChI is InChI=1S/C24H47NO4/c1-5-6-7-8-9-10-11-12-13-14-15-16-17-18-19-23(29-22(2)26)20-25(3,4)21-24(27)28/h23H,5-21H2,1-4H3/p+1. The summed E-state index contributed by atoms with van der Waals surface area (Å²) < 4.78 is 5.76. The number of hydrogen-bond acceptors (Lipinski definition) is 3. The molecule has 0 aromatic heterocycles. The highest BCUT2D eigenvalue weighted by molar-refractivity contribution is 5.68. The number of esters is 1. The maximum Gasteiger partial charge on any atom is 0.359 e. The second-order valence-corrected chi connectivity index (χ2v) is 9.29. The summed E-state index contributed by atoms with van der Waals surface area (Å²) in [5.41, 5.74) is 0. The third kappa shape index (κ3) is 20.0. The number of nitrogens with zero attached hydrogens (tertiary/aromatic N) is 1. The molecule has 0 radical (unpaired) electrons. The molecule has 0 aliphatic carbocycles. The summed E-state index contributed by atoms with van der Waals surface area (Å²) in [5.74, 6) is -1.11. The quantitative estimate of drug-likeness (QED) is 0.152. The van der Waals surface area contributed by atoms with Crippen LogP contribution in [-0.2, 0) is 14.3 Å². The highest BCUT2D eigenvalue weighted by Crippen LogP contribution is 2.15. The van der Waals surface area contributed by atoms with Gasteiger partial charge >= 0.3 is 11.9 Å². The van der Waals surface area contributed by atoms with Gasteiger partial charge in [0.15, 0.2) is 12.6 Å². The van der Waals surface area contributed by atoms with Gasteiger partial charge in [0.2, 0.25) is 0 Å². The Hall–Kier alpha value is -1.10. The second kappa shape index (κ2) is 17.7. The van der Waals surface area contributed by atoms with E-state index in [1.807, 2.05) is 14.1 Å². The van der Waals surface area contributed by atoms with Gasteiger partial charge in [-0.25, -0.2) is 4.79 Å². The Labute approximate surface area is 179 Å². The minimum Gasteiger partial charge on any atom is -0.477 e. The first kappa shape index (κ1) is 27.9. The molecular weight excluding hydrogens is 366 g/mol. The minimum atomic E-state index is -0.826. The van der Waals surface area contributed by atoms with E-state index in [0.717, 1.165) is 19.3 Å². The third-order valence-electron chi connectivity index (χ3n) is 5.47. The normalized spacial score (nSPS) is 12.7. The smallest absolute Gasteiger partial charge is 0.359 e. The molecule has 5 heteroatoms. The lowest BCUT2D eigenvalue weighted by atomic mass is 10.0. The number of unbranched alkanes of at least 4 members (excludes halogenated alkanes) is 13. The largest absolute Gasteiger partial charge is 0.477 e. The lowest BCUT2D eigenvalue weighted by molar-refractivity contribution is -0.886. The minimum absolute atomic E-state index is 0.0382. The fourth-order valence-electron chi connectivity index (χ4n) is 3.97. The van der Waals surface area contributed by atoms with Crippen molar-refractivity contribution in [3.63, 3.8) is 0 Å². The predicted octanol–water partition coefficient (Wildman–Crippen LogP) is 5.95. The van der Waals surface area contributed by atoms with Crippen molar-refractivity contribution in [1.82, 2.24) is 0 Å². The number of likely N-dealkylation sites (N-methyl/N-ethyl adjacent to an activating group) is 1. The Balaban J connectivity index is 3.72. The van der Waals surface area contributed by atoms with E-state index >= 15 is 0 Å². The molecule has 0 saturated heterocycles. The summed E-state index contributed by atoms with van der Waals surface area (Å²) in [6.07, 6.45) is 19.1. The molecule has 172 valence electrons. The van der Waals surface area contributed by atoms with Crippen LogP contribution in [0.4, 0.5) is 0 Å². The van der Waals surface area contributed by atoms with E-state index in [4.69, 9.17) is 9.84 Å². The van der Waals surface area contributed by atoms with Crippen LogP contribution in [0, 0.1) is 0 Å². The van der Waals surface area contributed by atoms with E-state index < -0.39 is 5.97 Å². The zero-order valence-electron chi connectivity index (χ0n) is 19.7. The maximum atomic E-state index is 11.4.